The number of benzene rings is 6. The van der Waals surface area contributed by atoms with E-state index in [0.29, 0.717) is 5.56 Å². The zero-order valence-corrected chi connectivity index (χ0v) is 39.1. The van der Waals surface area contributed by atoms with Crippen LogP contribution < -0.4 is 0 Å². The van der Waals surface area contributed by atoms with Crippen molar-refractivity contribution in [2.24, 2.45) is 0 Å². The quantitative estimate of drug-likeness (QED) is 0.0420. The van der Waals surface area contributed by atoms with Crippen LogP contribution in [0, 0.1) is 0 Å². The van der Waals surface area contributed by atoms with Gasteiger partial charge in [-0.2, -0.15) is 0 Å². The molecule has 5 unspecified atom stereocenters. The number of rotatable bonds is 21. The molecular weight excluding hydrogens is 925 g/mol. The molecule has 6 aromatic carbocycles. The average molecular weight is 979 g/mol. The van der Waals surface area contributed by atoms with Gasteiger partial charge in [0.1, 0.15) is 49.8 Å². The Balaban J connectivity index is 1.20. The molecular formula is C57H54O15. The summed E-state index contributed by atoms with van der Waals surface area (Å²) < 4.78 is 63.7. The molecule has 6 aromatic rings. The minimum absolute atomic E-state index is 0.0347. The first-order valence-corrected chi connectivity index (χ1v) is 23.4. The van der Waals surface area contributed by atoms with Crippen LogP contribution in [-0.2, 0) is 60.6 Å². The predicted molar refractivity (Wildman–Crippen MR) is 259 cm³/mol. The molecule has 2 saturated heterocycles. The second kappa shape index (κ2) is 25.7. The first-order valence-electron chi connectivity index (χ1n) is 23.4. The third-order valence-electron chi connectivity index (χ3n) is 11.7. The third kappa shape index (κ3) is 13.5. The Morgan fingerprint density at radius 2 is 0.819 bits per heavy atom. The summed E-state index contributed by atoms with van der Waals surface area (Å²) in [5, 5.41) is 12.6. The molecule has 2 fully saturated rings. The Kier molecular flexibility index (Phi) is 18.2. The number of ether oxygens (including phenoxy) is 10. The smallest absolute Gasteiger partial charge is 0.338 e. The molecule has 0 bridgehead atoms. The molecule has 0 aromatic heterocycles. The van der Waals surface area contributed by atoms with E-state index in [1.165, 1.54) is 6.08 Å². The molecule has 1 N–H and O–H groups in total. The number of esters is 4. The number of hydrogen-bond donors (Lipinski definition) is 1. The van der Waals surface area contributed by atoms with Crippen LogP contribution in [-0.4, -0.2) is 110 Å². The van der Waals surface area contributed by atoms with E-state index in [9.17, 15) is 24.3 Å². The van der Waals surface area contributed by atoms with Gasteiger partial charge in [0, 0.05) is 0 Å². The van der Waals surface area contributed by atoms with Gasteiger partial charge in [-0.3, -0.25) is 0 Å². The second-order valence-corrected chi connectivity index (χ2v) is 16.7. The van der Waals surface area contributed by atoms with Gasteiger partial charge in [-0.05, 0) is 59.7 Å². The second-order valence-electron chi connectivity index (χ2n) is 16.7. The summed E-state index contributed by atoms with van der Waals surface area (Å²) in [7, 11) is 0. The Hall–Kier alpha value is -7.34. The summed E-state index contributed by atoms with van der Waals surface area (Å²) in [5.41, 5.74) is 2.34. The summed E-state index contributed by atoms with van der Waals surface area (Å²) in [6.07, 6.45) is -13.0. The minimum Gasteiger partial charge on any atom is -0.459 e. The van der Waals surface area contributed by atoms with Gasteiger partial charge in [0.2, 0.25) is 0 Å². The summed E-state index contributed by atoms with van der Waals surface area (Å²) >= 11 is 0. The van der Waals surface area contributed by atoms with E-state index in [-0.39, 0.29) is 42.1 Å². The minimum atomic E-state index is -1.72. The van der Waals surface area contributed by atoms with Crippen LogP contribution in [0.15, 0.2) is 195 Å². The molecule has 2 aliphatic heterocycles. The maximum absolute atomic E-state index is 14.2. The Morgan fingerprint density at radius 1 is 0.444 bits per heavy atom. The van der Waals surface area contributed by atoms with Crippen molar-refractivity contribution < 1.29 is 71.7 Å². The van der Waals surface area contributed by atoms with E-state index in [1.54, 1.807) is 121 Å². The van der Waals surface area contributed by atoms with Crippen LogP contribution >= 0.6 is 0 Å². The van der Waals surface area contributed by atoms with Gasteiger partial charge in [-0.15, -0.1) is 6.58 Å². The molecule has 2 aliphatic rings. The van der Waals surface area contributed by atoms with Crippen molar-refractivity contribution in [1.29, 1.82) is 0 Å². The van der Waals surface area contributed by atoms with Gasteiger partial charge in [0.25, 0.3) is 0 Å². The number of hydrogen-bond acceptors (Lipinski definition) is 15. The van der Waals surface area contributed by atoms with E-state index in [4.69, 9.17) is 47.4 Å². The molecule has 10 atom stereocenters. The topological polar surface area (TPSA) is 181 Å². The van der Waals surface area contributed by atoms with Crippen molar-refractivity contribution in [3.05, 3.63) is 228 Å². The normalized spacial score (nSPS) is 23.7. The Bertz CT molecular complexity index is 2640. The van der Waals surface area contributed by atoms with Crippen molar-refractivity contribution in [3.63, 3.8) is 0 Å². The summed E-state index contributed by atoms with van der Waals surface area (Å²) in [6, 6.07) is 51.3. The van der Waals surface area contributed by atoms with Gasteiger partial charge in [-0.25, -0.2) is 19.2 Å². The standard InChI is InChI=1S/C57H54O15/c1-2-33-63-56-51(71-55(62)43-31-19-8-20-32-43)50(48(64-34-38-21-9-3-10-22-38)45(68-56)37-67-53(60)41-27-15-6-16-28-41)72-57-49(65-35-39-23-11-4-12-24-39)46(58)47(70-54(61)42-29-17-7-18-30-42)44(69-57)36-66-52(59)40-25-13-5-14-26-40/h2-32,44-51,56-58H,1,33-37H2/t44?,45?,46?,47-,48-,49-,50?,51?,56+,57+/m0/s1. The van der Waals surface area contributed by atoms with Crippen molar-refractivity contribution in [3.8, 4) is 0 Å². The fourth-order valence-corrected chi connectivity index (χ4v) is 8.10. The molecule has 2 heterocycles. The molecule has 0 saturated carbocycles. The van der Waals surface area contributed by atoms with E-state index in [1.807, 2.05) is 60.7 Å². The van der Waals surface area contributed by atoms with E-state index >= 15 is 0 Å². The van der Waals surface area contributed by atoms with E-state index in [0.717, 1.165) is 5.56 Å². The first kappa shape index (κ1) is 51.0. The number of carbonyl (C=O) groups is 4. The van der Waals surface area contributed by atoms with E-state index < -0.39 is 98.5 Å². The lowest BCUT2D eigenvalue weighted by atomic mass is 9.96. The van der Waals surface area contributed by atoms with Crippen molar-refractivity contribution in [2.45, 2.75) is 74.6 Å². The highest BCUT2D eigenvalue weighted by Gasteiger charge is 2.56. The molecule has 0 radical (unpaired) electrons. The highest BCUT2D eigenvalue weighted by atomic mass is 16.8. The lowest BCUT2D eigenvalue weighted by Gasteiger charge is -2.49. The van der Waals surface area contributed by atoms with Crippen molar-refractivity contribution in [1.82, 2.24) is 0 Å². The number of carbonyl (C=O) groups excluding carboxylic acids is 4. The third-order valence-corrected chi connectivity index (χ3v) is 11.7. The summed E-state index contributed by atoms with van der Waals surface area (Å²) in [5.74, 6) is -2.95. The van der Waals surface area contributed by atoms with Crippen LogP contribution in [0.1, 0.15) is 52.6 Å². The number of aliphatic hydroxyl groups excluding tert-OH is 1. The van der Waals surface area contributed by atoms with E-state index in [2.05, 4.69) is 6.58 Å². The van der Waals surface area contributed by atoms with Gasteiger partial charge in [-0.1, -0.05) is 140 Å². The molecule has 0 aliphatic carbocycles. The maximum atomic E-state index is 14.2. The van der Waals surface area contributed by atoms with Crippen LogP contribution in [0.3, 0.4) is 0 Å². The monoisotopic (exact) mass is 978 g/mol. The Morgan fingerprint density at radius 3 is 1.26 bits per heavy atom. The molecule has 15 heteroatoms. The van der Waals surface area contributed by atoms with Crippen LogP contribution in [0.2, 0.25) is 0 Å². The fourth-order valence-electron chi connectivity index (χ4n) is 8.10. The van der Waals surface area contributed by atoms with Gasteiger partial charge in [0.15, 0.2) is 24.8 Å². The first-order chi connectivity index (χ1) is 35.2. The highest BCUT2D eigenvalue weighted by Crippen LogP contribution is 2.36. The molecule has 15 nitrogen and oxygen atoms in total. The SMILES string of the molecule is C=CCO[C@@H]1OC(COC(=O)c2ccccc2)[C@H](OCc2ccccc2)C(O[C@H]2OC(COC(=O)c3ccccc3)[C@H](OC(=O)c3ccccc3)C(O)[C@@H]2OCc2ccccc2)C1OC(=O)c1ccccc1. The van der Waals surface area contributed by atoms with Gasteiger partial charge < -0.3 is 52.5 Å². The maximum Gasteiger partial charge on any atom is 0.338 e. The predicted octanol–water partition coefficient (Wildman–Crippen LogP) is 7.72. The summed E-state index contributed by atoms with van der Waals surface area (Å²) in [6.45, 7) is 2.64. The number of aliphatic hydroxyl groups is 1. The molecule has 8 rings (SSSR count). The lowest BCUT2D eigenvalue weighted by Crippen LogP contribution is -2.66. The van der Waals surface area contributed by atoms with Crippen molar-refractivity contribution in [2.75, 3.05) is 19.8 Å². The van der Waals surface area contributed by atoms with Crippen LogP contribution in [0.25, 0.3) is 0 Å². The molecule has 72 heavy (non-hydrogen) atoms. The molecule has 0 amide bonds. The lowest BCUT2D eigenvalue weighted by molar-refractivity contribution is -0.366. The average Bonchev–Trinajstić information content (AvgIpc) is 3.43. The highest BCUT2D eigenvalue weighted by molar-refractivity contribution is 5.91. The molecule has 0 spiro atoms. The zero-order chi connectivity index (χ0) is 50.1. The van der Waals surface area contributed by atoms with Gasteiger partial charge >= 0.3 is 23.9 Å². The summed E-state index contributed by atoms with van der Waals surface area (Å²) in [4.78, 5) is 54.9. The largest absolute Gasteiger partial charge is 0.459 e. The van der Waals surface area contributed by atoms with Crippen LogP contribution in [0.4, 0.5) is 0 Å². The fraction of sp³-hybridized carbons (Fsp3) is 0.263. The van der Waals surface area contributed by atoms with Crippen LogP contribution in [0.5, 0.6) is 0 Å². The van der Waals surface area contributed by atoms with Gasteiger partial charge in [0.05, 0.1) is 42.1 Å². The molecule has 372 valence electrons. The zero-order valence-electron chi connectivity index (χ0n) is 39.1. The van der Waals surface area contributed by atoms with Crippen molar-refractivity contribution >= 4 is 23.9 Å². The Labute approximate surface area is 416 Å².